The fraction of sp³-hybridized carbons (Fsp3) is 0.944. The number of likely N-dealkylation sites (tertiary alicyclic amines) is 1. The second kappa shape index (κ2) is 7.64. The predicted octanol–water partition coefficient (Wildman–Crippen LogP) is 3.90. The molecule has 1 amide bonds. The van der Waals surface area contributed by atoms with Crippen molar-refractivity contribution in [1.82, 2.24) is 10.2 Å². The van der Waals surface area contributed by atoms with Gasteiger partial charge in [-0.15, -0.1) is 0 Å². The van der Waals surface area contributed by atoms with Crippen LogP contribution in [0.1, 0.15) is 60.3 Å². The fourth-order valence-electron chi connectivity index (χ4n) is 3.26. The Bertz CT molecular complexity index is 406. The molecule has 23 heavy (non-hydrogen) atoms. The lowest BCUT2D eigenvalue weighted by atomic mass is 9.82. The molecule has 2 aliphatic rings. The monoisotopic (exact) mass is 342 g/mol. The van der Waals surface area contributed by atoms with Crippen LogP contribution >= 0.6 is 11.8 Å². The highest BCUT2D eigenvalue weighted by molar-refractivity contribution is 7.99. The number of nitrogens with one attached hydrogen (secondary N) is 1. The Kier molecular flexibility index (Phi) is 6.28. The first-order valence-electron chi connectivity index (χ1n) is 8.99. The zero-order valence-electron chi connectivity index (χ0n) is 15.5. The largest absolute Gasteiger partial charge is 0.444 e. The average molecular weight is 343 g/mol. The zero-order chi connectivity index (χ0) is 17.1. The second-order valence-corrected chi connectivity index (χ2v) is 9.80. The molecule has 2 heterocycles. The van der Waals surface area contributed by atoms with Gasteiger partial charge in [-0.25, -0.2) is 4.79 Å². The molecule has 2 unspecified atom stereocenters. The minimum Gasteiger partial charge on any atom is -0.444 e. The van der Waals surface area contributed by atoms with Gasteiger partial charge in [0.1, 0.15) is 5.60 Å². The maximum Gasteiger partial charge on any atom is 0.410 e. The molecular weight excluding hydrogens is 308 g/mol. The minimum atomic E-state index is -0.422. The second-order valence-electron chi connectivity index (χ2n) is 8.65. The van der Waals surface area contributed by atoms with Crippen molar-refractivity contribution in [2.75, 3.05) is 24.6 Å². The maximum atomic E-state index is 12.4. The average Bonchev–Trinajstić information content (AvgIpc) is 2.65. The third kappa shape index (κ3) is 5.86. The summed E-state index contributed by atoms with van der Waals surface area (Å²) in [5.74, 6) is 2.44. The lowest BCUT2D eigenvalue weighted by Crippen LogP contribution is -2.53. The highest BCUT2D eigenvalue weighted by Gasteiger charge is 2.35. The van der Waals surface area contributed by atoms with Crippen molar-refractivity contribution in [1.29, 1.82) is 0 Å². The summed E-state index contributed by atoms with van der Waals surface area (Å²) in [5.41, 5.74) is -0.0807. The molecule has 0 spiro atoms. The van der Waals surface area contributed by atoms with Crippen molar-refractivity contribution >= 4 is 17.9 Å². The standard InChI is InChI=1S/C18H34N2O2S/c1-17(2,3)22-16(21)20-10-7-6-8-14(12-20)19-15-13-23-11-9-18(15,4)5/h14-15,19H,6-13H2,1-5H3. The van der Waals surface area contributed by atoms with Gasteiger partial charge in [-0.05, 0) is 51.2 Å². The Morgan fingerprint density at radius 1 is 1.30 bits per heavy atom. The molecular formula is C18H34N2O2S. The van der Waals surface area contributed by atoms with Crippen molar-refractivity contribution in [3.8, 4) is 0 Å². The highest BCUT2D eigenvalue weighted by atomic mass is 32.2. The molecule has 0 radical (unpaired) electrons. The van der Waals surface area contributed by atoms with Gasteiger partial charge in [0, 0.05) is 30.9 Å². The molecule has 1 N–H and O–H groups in total. The van der Waals surface area contributed by atoms with Gasteiger partial charge in [0.2, 0.25) is 0 Å². The first kappa shape index (κ1) is 18.9. The maximum absolute atomic E-state index is 12.4. The smallest absolute Gasteiger partial charge is 0.410 e. The van der Waals surface area contributed by atoms with Gasteiger partial charge in [0.05, 0.1) is 0 Å². The molecule has 5 heteroatoms. The lowest BCUT2D eigenvalue weighted by Gasteiger charge is -2.41. The molecule has 2 saturated heterocycles. The van der Waals surface area contributed by atoms with E-state index < -0.39 is 5.60 Å². The van der Waals surface area contributed by atoms with E-state index in [0.717, 1.165) is 25.9 Å². The molecule has 0 aromatic rings. The molecule has 2 aliphatic heterocycles. The lowest BCUT2D eigenvalue weighted by molar-refractivity contribution is 0.0238. The van der Waals surface area contributed by atoms with Crippen LogP contribution in [0.25, 0.3) is 0 Å². The van der Waals surface area contributed by atoms with Crippen LogP contribution in [0.3, 0.4) is 0 Å². The van der Waals surface area contributed by atoms with E-state index >= 15 is 0 Å². The molecule has 4 nitrogen and oxygen atoms in total. The summed E-state index contributed by atoms with van der Waals surface area (Å²) < 4.78 is 5.57. The van der Waals surface area contributed by atoms with E-state index in [-0.39, 0.29) is 6.09 Å². The molecule has 0 aromatic carbocycles. The number of ether oxygens (including phenoxy) is 1. The summed E-state index contributed by atoms with van der Waals surface area (Å²) in [6, 6.07) is 0.915. The van der Waals surface area contributed by atoms with E-state index in [1.54, 1.807) is 0 Å². The SMILES string of the molecule is CC(C)(C)OC(=O)N1CCCCC(NC2CSCCC2(C)C)C1. The summed E-state index contributed by atoms with van der Waals surface area (Å²) in [6.07, 6.45) is 4.50. The topological polar surface area (TPSA) is 41.6 Å². The molecule has 2 rings (SSSR count). The van der Waals surface area contributed by atoms with Gasteiger partial charge in [0.15, 0.2) is 0 Å². The van der Waals surface area contributed by atoms with Crippen LogP contribution in [0, 0.1) is 5.41 Å². The number of hydrogen-bond acceptors (Lipinski definition) is 4. The Labute approximate surface area is 146 Å². The molecule has 0 aliphatic carbocycles. The van der Waals surface area contributed by atoms with E-state index in [4.69, 9.17) is 4.74 Å². The van der Waals surface area contributed by atoms with Crippen molar-refractivity contribution in [2.45, 2.75) is 78.0 Å². The fourth-order valence-corrected chi connectivity index (χ4v) is 4.89. The molecule has 0 aromatic heterocycles. The van der Waals surface area contributed by atoms with Crippen LogP contribution in [0.15, 0.2) is 0 Å². The van der Waals surface area contributed by atoms with Crippen LogP contribution < -0.4 is 5.32 Å². The highest BCUT2D eigenvalue weighted by Crippen LogP contribution is 2.34. The van der Waals surface area contributed by atoms with Crippen molar-refractivity contribution in [2.24, 2.45) is 5.41 Å². The van der Waals surface area contributed by atoms with E-state index in [2.05, 4.69) is 19.2 Å². The van der Waals surface area contributed by atoms with Crippen molar-refractivity contribution in [3.63, 3.8) is 0 Å². The van der Waals surface area contributed by atoms with Gasteiger partial charge in [-0.1, -0.05) is 20.3 Å². The van der Waals surface area contributed by atoms with Crippen LogP contribution in [0.4, 0.5) is 4.79 Å². The Balaban J connectivity index is 1.95. The molecule has 2 atom stereocenters. The van der Waals surface area contributed by atoms with Crippen LogP contribution in [-0.2, 0) is 4.74 Å². The number of carbonyl (C=O) groups is 1. The summed E-state index contributed by atoms with van der Waals surface area (Å²) in [5, 5.41) is 3.87. The zero-order valence-corrected chi connectivity index (χ0v) is 16.3. The number of hydrogen-bond donors (Lipinski definition) is 1. The summed E-state index contributed by atoms with van der Waals surface area (Å²) >= 11 is 2.05. The van der Waals surface area contributed by atoms with E-state index in [0.29, 0.717) is 17.5 Å². The summed E-state index contributed by atoms with van der Waals surface area (Å²) in [6.45, 7) is 12.1. The predicted molar refractivity (Wildman–Crippen MR) is 98.1 cm³/mol. The third-order valence-electron chi connectivity index (χ3n) is 4.88. The first-order chi connectivity index (χ1) is 10.7. The third-order valence-corrected chi connectivity index (χ3v) is 5.94. The summed E-state index contributed by atoms with van der Waals surface area (Å²) in [4.78, 5) is 14.3. The number of rotatable bonds is 2. The van der Waals surface area contributed by atoms with E-state index in [1.807, 2.05) is 37.4 Å². The van der Waals surface area contributed by atoms with Gasteiger partial charge in [-0.3, -0.25) is 0 Å². The normalized spacial score (nSPS) is 29.0. The number of nitrogens with zero attached hydrogens (tertiary/aromatic N) is 1. The molecule has 134 valence electrons. The Morgan fingerprint density at radius 3 is 2.70 bits per heavy atom. The van der Waals surface area contributed by atoms with Gasteiger partial charge < -0.3 is 15.0 Å². The first-order valence-corrected chi connectivity index (χ1v) is 10.1. The van der Waals surface area contributed by atoms with Gasteiger partial charge in [0.25, 0.3) is 0 Å². The van der Waals surface area contributed by atoms with E-state index in [1.165, 1.54) is 24.3 Å². The van der Waals surface area contributed by atoms with Gasteiger partial charge in [-0.2, -0.15) is 11.8 Å². The molecule has 2 fully saturated rings. The summed E-state index contributed by atoms with van der Waals surface area (Å²) in [7, 11) is 0. The van der Waals surface area contributed by atoms with Crippen molar-refractivity contribution in [3.05, 3.63) is 0 Å². The number of carbonyl (C=O) groups excluding carboxylic acids is 1. The van der Waals surface area contributed by atoms with Crippen LogP contribution in [-0.4, -0.2) is 53.3 Å². The molecule has 0 bridgehead atoms. The van der Waals surface area contributed by atoms with Gasteiger partial charge >= 0.3 is 6.09 Å². The number of amides is 1. The number of thioether (sulfide) groups is 1. The molecule has 0 saturated carbocycles. The van der Waals surface area contributed by atoms with Crippen LogP contribution in [0.5, 0.6) is 0 Å². The Hall–Kier alpha value is -0.420. The minimum absolute atomic E-state index is 0.163. The Morgan fingerprint density at radius 2 is 2.04 bits per heavy atom. The quantitative estimate of drug-likeness (QED) is 0.826. The van der Waals surface area contributed by atoms with Crippen molar-refractivity contribution < 1.29 is 9.53 Å². The van der Waals surface area contributed by atoms with Crippen LogP contribution in [0.2, 0.25) is 0 Å². The van der Waals surface area contributed by atoms with E-state index in [9.17, 15) is 4.79 Å².